The first-order valence-corrected chi connectivity index (χ1v) is 10.8. The largest absolute Gasteiger partial charge is 0.324 e. The zero-order valence-electron chi connectivity index (χ0n) is 16.1. The summed E-state index contributed by atoms with van der Waals surface area (Å²) in [6.45, 7) is 0.564. The number of carbonyl (C=O) groups excluding carboxylic acids is 3. The van der Waals surface area contributed by atoms with Crippen molar-refractivity contribution in [3.8, 4) is 0 Å². The highest BCUT2D eigenvalue weighted by atomic mass is 35.5. The van der Waals surface area contributed by atoms with E-state index in [9.17, 15) is 18.8 Å². The third-order valence-corrected chi connectivity index (χ3v) is 7.86. The number of fused-ring (bicyclic) bond motifs is 7. The van der Waals surface area contributed by atoms with Gasteiger partial charge in [-0.2, -0.15) is 0 Å². The quantitative estimate of drug-likeness (QED) is 0.661. The Bertz CT molecular complexity index is 1200. The molecule has 0 saturated carbocycles. The van der Waals surface area contributed by atoms with Gasteiger partial charge >= 0.3 is 0 Å². The Balaban J connectivity index is 1.56. The van der Waals surface area contributed by atoms with Crippen LogP contribution in [0.1, 0.15) is 18.4 Å². The summed E-state index contributed by atoms with van der Waals surface area (Å²) in [5, 5.41) is 3.35. The Hall–Kier alpha value is -2.48. The van der Waals surface area contributed by atoms with Gasteiger partial charge in [-0.05, 0) is 55.8 Å². The van der Waals surface area contributed by atoms with E-state index in [0.29, 0.717) is 34.9 Å². The molecule has 3 amide bonds. The van der Waals surface area contributed by atoms with Gasteiger partial charge in [-0.15, -0.1) is 0 Å². The van der Waals surface area contributed by atoms with Crippen LogP contribution < -0.4 is 10.2 Å². The first-order valence-electron chi connectivity index (χ1n) is 10.1. The molecule has 6 rings (SSSR count). The van der Waals surface area contributed by atoms with Crippen LogP contribution in [-0.2, 0) is 19.9 Å². The van der Waals surface area contributed by atoms with Crippen LogP contribution in [-0.4, -0.2) is 35.2 Å². The van der Waals surface area contributed by atoms with Crippen molar-refractivity contribution < 1.29 is 18.8 Å². The summed E-state index contributed by atoms with van der Waals surface area (Å²) in [4.78, 5) is 43.8. The molecule has 4 heterocycles. The van der Waals surface area contributed by atoms with Crippen molar-refractivity contribution in [3.63, 3.8) is 0 Å². The molecule has 1 N–H and O–H groups in total. The molecular formula is C22H16Cl2FN3O3. The Morgan fingerprint density at radius 1 is 1.03 bits per heavy atom. The number of benzene rings is 2. The number of amides is 3. The van der Waals surface area contributed by atoms with E-state index >= 15 is 0 Å². The zero-order chi connectivity index (χ0) is 21.7. The Labute approximate surface area is 186 Å². The van der Waals surface area contributed by atoms with Gasteiger partial charge < -0.3 is 5.32 Å². The van der Waals surface area contributed by atoms with Crippen molar-refractivity contribution in [3.05, 3.63) is 57.8 Å². The van der Waals surface area contributed by atoms with Crippen LogP contribution in [0, 0.1) is 17.7 Å². The predicted molar refractivity (Wildman–Crippen MR) is 112 cm³/mol. The molecule has 6 nitrogen and oxygen atoms in total. The molecule has 1 spiro atoms. The number of nitrogens with one attached hydrogen (secondary N) is 1. The molecule has 0 aliphatic carbocycles. The predicted octanol–water partition coefficient (Wildman–Crippen LogP) is 3.56. The molecule has 2 aromatic carbocycles. The number of hydrogen-bond acceptors (Lipinski definition) is 4. The van der Waals surface area contributed by atoms with E-state index in [4.69, 9.17) is 23.2 Å². The van der Waals surface area contributed by atoms with Gasteiger partial charge in [-0.25, -0.2) is 9.29 Å². The maximum Gasteiger partial charge on any atom is 0.250 e. The minimum Gasteiger partial charge on any atom is -0.324 e. The maximum atomic E-state index is 14.3. The van der Waals surface area contributed by atoms with E-state index in [1.807, 2.05) is 4.90 Å². The molecule has 0 bridgehead atoms. The molecule has 4 aliphatic rings. The lowest BCUT2D eigenvalue weighted by Crippen LogP contribution is -2.54. The van der Waals surface area contributed by atoms with E-state index in [2.05, 4.69) is 5.32 Å². The van der Waals surface area contributed by atoms with Crippen molar-refractivity contribution in [1.82, 2.24) is 4.90 Å². The Morgan fingerprint density at radius 3 is 2.61 bits per heavy atom. The monoisotopic (exact) mass is 459 g/mol. The van der Waals surface area contributed by atoms with Gasteiger partial charge in [-0.3, -0.25) is 19.3 Å². The lowest BCUT2D eigenvalue weighted by atomic mass is 9.75. The summed E-state index contributed by atoms with van der Waals surface area (Å²) in [5.41, 5.74) is -0.183. The number of imide groups is 1. The summed E-state index contributed by atoms with van der Waals surface area (Å²) in [7, 11) is 0. The summed E-state index contributed by atoms with van der Waals surface area (Å²) >= 11 is 12.1. The van der Waals surface area contributed by atoms with Crippen molar-refractivity contribution >= 4 is 52.3 Å². The maximum absolute atomic E-state index is 14.3. The third kappa shape index (κ3) is 2.24. The number of nitrogens with zero attached hydrogens (tertiary/aromatic N) is 2. The summed E-state index contributed by atoms with van der Waals surface area (Å²) in [6.07, 6.45) is 1.48. The highest BCUT2D eigenvalue weighted by Crippen LogP contribution is 2.60. The average Bonchev–Trinajstić information content (AvgIpc) is 3.43. The van der Waals surface area contributed by atoms with Gasteiger partial charge in [-0.1, -0.05) is 23.2 Å². The van der Waals surface area contributed by atoms with Crippen molar-refractivity contribution in [1.29, 1.82) is 0 Å². The summed E-state index contributed by atoms with van der Waals surface area (Å²) < 4.78 is 14.3. The second-order valence-corrected chi connectivity index (χ2v) is 9.24. The number of halogens is 3. The molecule has 2 aromatic rings. The van der Waals surface area contributed by atoms with E-state index in [-0.39, 0.29) is 22.9 Å². The van der Waals surface area contributed by atoms with Gasteiger partial charge in [0.25, 0.3) is 0 Å². The molecule has 31 heavy (non-hydrogen) atoms. The van der Waals surface area contributed by atoms with Gasteiger partial charge in [0.1, 0.15) is 11.4 Å². The average molecular weight is 460 g/mol. The minimum atomic E-state index is -1.40. The first-order chi connectivity index (χ1) is 14.9. The normalized spacial score (nSPS) is 31.4. The van der Waals surface area contributed by atoms with Gasteiger partial charge in [0, 0.05) is 17.3 Å². The van der Waals surface area contributed by atoms with E-state index in [0.717, 1.165) is 11.3 Å². The number of anilines is 2. The fourth-order valence-corrected chi connectivity index (χ4v) is 6.35. The number of hydrogen-bond donors (Lipinski definition) is 1. The van der Waals surface area contributed by atoms with Gasteiger partial charge in [0.2, 0.25) is 17.7 Å². The molecule has 9 heteroatoms. The number of carbonyl (C=O) groups is 3. The lowest BCUT2D eigenvalue weighted by molar-refractivity contribution is -0.135. The topological polar surface area (TPSA) is 69.7 Å². The molecule has 3 fully saturated rings. The lowest BCUT2D eigenvalue weighted by Gasteiger charge is -2.36. The molecule has 4 aliphatic heterocycles. The summed E-state index contributed by atoms with van der Waals surface area (Å²) in [6, 6.07) is 8.38. The molecule has 0 unspecified atom stereocenters. The van der Waals surface area contributed by atoms with Crippen LogP contribution in [0.4, 0.5) is 15.8 Å². The van der Waals surface area contributed by atoms with Gasteiger partial charge in [0.15, 0.2) is 0 Å². The second-order valence-electron chi connectivity index (χ2n) is 8.43. The van der Waals surface area contributed by atoms with Crippen LogP contribution >= 0.6 is 23.2 Å². The van der Waals surface area contributed by atoms with Crippen LogP contribution in [0.5, 0.6) is 0 Å². The number of rotatable bonds is 1. The van der Waals surface area contributed by atoms with Crippen LogP contribution in [0.25, 0.3) is 0 Å². The molecular weight excluding hydrogens is 444 g/mol. The molecule has 0 radical (unpaired) electrons. The first kappa shape index (κ1) is 19.2. The van der Waals surface area contributed by atoms with Crippen molar-refractivity contribution in [2.45, 2.75) is 24.4 Å². The van der Waals surface area contributed by atoms with E-state index in [1.165, 1.54) is 30.3 Å². The highest BCUT2D eigenvalue weighted by molar-refractivity contribution is 6.42. The Morgan fingerprint density at radius 2 is 1.84 bits per heavy atom. The van der Waals surface area contributed by atoms with Crippen LogP contribution in [0.15, 0.2) is 36.4 Å². The van der Waals surface area contributed by atoms with Crippen molar-refractivity contribution in [2.24, 2.45) is 11.8 Å². The van der Waals surface area contributed by atoms with E-state index in [1.54, 1.807) is 6.07 Å². The fourth-order valence-electron chi connectivity index (χ4n) is 6.05. The summed E-state index contributed by atoms with van der Waals surface area (Å²) in [5.74, 6) is -3.35. The zero-order valence-corrected chi connectivity index (χ0v) is 17.6. The SMILES string of the molecule is O=C1[C@@H]2[C@@H]3CCCN3[C@]3(C(=O)Nc4ccc(F)cc43)[C@H]2C(=O)N1c1ccc(Cl)c(Cl)c1. The molecule has 3 saturated heterocycles. The smallest absolute Gasteiger partial charge is 0.250 e. The van der Waals surface area contributed by atoms with E-state index < -0.39 is 29.1 Å². The molecule has 0 aromatic heterocycles. The Kier molecular flexibility index (Phi) is 3.89. The third-order valence-electron chi connectivity index (χ3n) is 7.12. The molecule has 4 atom stereocenters. The minimum absolute atomic E-state index is 0.222. The molecule has 158 valence electrons. The second kappa shape index (κ2) is 6.28. The van der Waals surface area contributed by atoms with Gasteiger partial charge in [0.05, 0.1) is 27.6 Å². The van der Waals surface area contributed by atoms with Crippen molar-refractivity contribution in [2.75, 3.05) is 16.8 Å². The highest BCUT2D eigenvalue weighted by Gasteiger charge is 2.74. The fraction of sp³-hybridized carbons (Fsp3) is 0.318. The van der Waals surface area contributed by atoms with Crippen LogP contribution in [0.2, 0.25) is 10.0 Å². The van der Waals surface area contributed by atoms with Crippen LogP contribution in [0.3, 0.4) is 0 Å². The standard InChI is InChI=1S/C22H16Cl2FN3O3/c23-13-5-4-11(9-14(13)24)28-19(29)17-16-2-1-7-27(16)22(18(17)20(28)30)12-8-10(25)3-6-15(12)26-21(22)31/h3-6,8-9,16-18H,1-2,7H2,(H,26,31)/t16-,17+,18+,22-/m0/s1.